The average Bonchev–Trinajstić information content (AvgIpc) is 3.09. The zero-order valence-electron chi connectivity index (χ0n) is 15.3. The molecule has 1 heterocycles. The highest BCUT2D eigenvalue weighted by atomic mass is 127. The van der Waals surface area contributed by atoms with E-state index in [0.717, 1.165) is 48.8 Å². The van der Waals surface area contributed by atoms with Crippen LogP contribution in [0, 0.1) is 5.92 Å². The molecule has 0 spiro atoms. The summed E-state index contributed by atoms with van der Waals surface area (Å²) in [6, 6.07) is 7.54. The first-order chi connectivity index (χ1) is 12.1. The third kappa shape index (κ3) is 8.22. The summed E-state index contributed by atoms with van der Waals surface area (Å²) in [6.07, 6.45) is 1.45. The van der Waals surface area contributed by atoms with Crippen molar-refractivity contribution in [3.63, 3.8) is 0 Å². The highest BCUT2D eigenvalue weighted by molar-refractivity contribution is 14.0. The second-order valence-electron chi connectivity index (χ2n) is 6.15. The minimum Gasteiger partial charge on any atom is -0.381 e. The van der Waals surface area contributed by atoms with Gasteiger partial charge in [-0.25, -0.2) is 0 Å². The number of benzene rings is 1. The number of aliphatic imine (C=N–C) groups is 1. The van der Waals surface area contributed by atoms with Crippen molar-refractivity contribution in [1.29, 1.82) is 0 Å². The number of carbonyl (C=O) groups excluding carboxylic acids is 1. The minimum absolute atomic E-state index is 0. The number of guanidine groups is 1. The summed E-state index contributed by atoms with van der Waals surface area (Å²) in [4.78, 5) is 18.7. The molecule has 0 radical (unpaired) electrons. The Labute approximate surface area is 181 Å². The topological polar surface area (TPSA) is 66.0 Å². The monoisotopic (exact) mass is 538 g/mol. The first-order valence-electron chi connectivity index (χ1n) is 8.71. The van der Waals surface area contributed by atoms with Crippen LogP contribution in [0.1, 0.15) is 19.8 Å². The molecule has 1 aromatic carbocycles. The summed E-state index contributed by atoms with van der Waals surface area (Å²) in [5.74, 6) is 1.36. The van der Waals surface area contributed by atoms with Crippen molar-refractivity contribution in [3.8, 4) is 0 Å². The molecule has 1 atom stereocenters. The van der Waals surface area contributed by atoms with E-state index in [4.69, 9.17) is 4.74 Å². The van der Waals surface area contributed by atoms with E-state index in [1.54, 1.807) is 0 Å². The van der Waals surface area contributed by atoms with Gasteiger partial charge < -0.3 is 20.3 Å². The first kappa shape index (κ1) is 23.2. The summed E-state index contributed by atoms with van der Waals surface area (Å²) >= 11 is 3.38. The van der Waals surface area contributed by atoms with Crippen molar-refractivity contribution in [2.75, 3.05) is 45.2 Å². The number of rotatable bonds is 7. The summed E-state index contributed by atoms with van der Waals surface area (Å²) in [5.41, 5.74) is 0.794. The molecule has 0 saturated carbocycles. The standard InChI is InChI=1S/C18H27BrN4O2.HI/c1-3-20-18(23(2)12-14-9-11-25-13-14)21-10-8-17(24)22-16-6-4-15(19)5-7-16;/h4-7,14H,3,8-13H2,1-2H3,(H,20,21)(H,22,24);1H. The number of hydrogen-bond donors (Lipinski definition) is 2. The molecule has 1 fully saturated rings. The molecule has 1 aromatic rings. The van der Waals surface area contributed by atoms with Crippen LogP contribution in [0.2, 0.25) is 0 Å². The van der Waals surface area contributed by atoms with Crippen LogP contribution in [-0.4, -0.2) is 56.7 Å². The molecule has 2 rings (SSSR count). The molecule has 8 heteroatoms. The smallest absolute Gasteiger partial charge is 0.226 e. The number of anilines is 1. The van der Waals surface area contributed by atoms with E-state index in [9.17, 15) is 4.79 Å². The van der Waals surface area contributed by atoms with Gasteiger partial charge in [0.25, 0.3) is 0 Å². The largest absolute Gasteiger partial charge is 0.381 e. The lowest BCUT2D eigenvalue weighted by molar-refractivity contribution is -0.116. The maximum absolute atomic E-state index is 12.0. The Morgan fingerprint density at radius 1 is 1.38 bits per heavy atom. The number of nitrogens with zero attached hydrogens (tertiary/aromatic N) is 2. The molecule has 0 aliphatic carbocycles. The summed E-state index contributed by atoms with van der Waals surface area (Å²) in [5, 5.41) is 6.17. The van der Waals surface area contributed by atoms with Gasteiger partial charge in [0, 0.05) is 49.2 Å². The Bertz CT molecular complexity index is 577. The zero-order chi connectivity index (χ0) is 18.1. The molecule has 0 bridgehead atoms. The fraction of sp³-hybridized carbons (Fsp3) is 0.556. The van der Waals surface area contributed by atoms with Crippen molar-refractivity contribution in [2.24, 2.45) is 10.9 Å². The number of carbonyl (C=O) groups is 1. The van der Waals surface area contributed by atoms with Crippen LogP contribution < -0.4 is 10.6 Å². The number of amides is 1. The average molecular weight is 539 g/mol. The van der Waals surface area contributed by atoms with E-state index in [1.807, 2.05) is 38.2 Å². The van der Waals surface area contributed by atoms with Gasteiger partial charge in [0.15, 0.2) is 5.96 Å². The normalized spacial score (nSPS) is 16.7. The molecule has 1 amide bonds. The lowest BCUT2D eigenvalue weighted by Crippen LogP contribution is -2.41. The summed E-state index contributed by atoms with van der Waals surface area (Å²) in [7, 11) is 2.03. The summed E-state index contributed by atoms with van der Waals surface area (Å²) < 4.78 is 6.42. The molecule has 1 aliphatic heterocycles. The maximum atomic E-state index is 12.0. The van der Waals surface area contributed by atoms with Gasteiger partial charge in [-0.2, -0.15) is 0 Å². The second kappa shape index (κ2) is 12.5. The second-order valence-corrected chi connectivity index (χ2v) is 7.07. The first-order valence-corrected chi connectivity index (χ1v) is 9.50. The molecule has 0 aromatic heterocycles. The van der Waals surface area contributed by atoms with Crippen LogP contribution in [0.4, 0.5) is 5.69 Å². The van der Waals surface area contributed by atoms with Gasteiger partial charge in [-0.3, -0.25) is 9.79 Å². The van der Waals surface area contributed by atoms with E-state index in [0.29, 0.717) is 18.9 Å². The van der Waals surface area contributed by atoms with E-state index in [-0.39, 0.29) is 29.9 Å². The van der Waals surface area contributed by atoms with E-state index >= 15 is 0 Å². The Morgan fingerprint density at radius 2 is 2.12 bits per heavy atom. The predicted octanol–water partition coefficient (Wildman–Crippen LogP) is 3.33. The van der Waals surface area contributed by atoms with Crippen molar-refractivity contribution >= 4 is 57.5 Å². The van der Waals surface area contributed by atoms with E-state index in [2.05, 4.69) is 36.5 Å². The molecule has 1 aliphatic rings. The van der Waals surface area contributed by atoms with E-state index in [1.165, 1.54) is 0 Å². The number of nitrogens with one attached hydrogen (secondary N) is 2. The Morgan fingerprint density at radius 3 is 2.73 bits per heavy atom. The minimum atomic E-state index is -0.0335. The van der Waals surface area contributed by atoms with Gasteiger partial charge in [0.2, 0.25) is 5.91 Å². The maximum Gasteiger partial charge on any atom is 0.226 e. The van der Waals surface area contributed by atoms with Crippen LogP contribution in [0.25, 0.3) is 0 Å². The highest BCUT2D eigenvalue weighted by Gasteiger charge is 2.19. The van der Waals surface area contributed by atoms with Crippen molar-refractivity contribution < 1.29 is 9.53 Å². The van der Waals surface area contributed by atoms with Crippen molar-refractivity contribution in [3.05, 3.63) is 28.7 Å². The zero-order valence-corrected chi connectivity index (χ0v) is 19.2. The third-order valence-electron chi connectivity index (χ3n) is 3.98. The molecular weight excluding hydrogens is 511 g/mol. The molecule has 6 nitrogen and oxygen atoms in total. The van der Waals surface area contributed by atoms with Gasteiger partial charge in [0.05, 0.1) is 13.2 Å². The number of ether oxygens (including phenoxy) is 1. The highest BCUT2D eigenvalue weighted by Crippen LogP contribution is 2.14. The fourth-order valence-corrected chi connectivity index (χ4v) is 2.96. The Kier molecular flexibility index (Phi) is 11.1. The van der Waals surface area contributed by atoms with Gasteiger partial charge >= 0.3 is 0 Å². The van der Waals surface area contributed by atoms with Crippen LogP contribution in [0.15, 0.2) is 33.7 Å². The van der Waals surface area contributed by atoms with E-state index < -0.39 is 0 Å². The lowest BCUT2D eigenvalue weighted by atomic mass is 10.1. The number of hydrogen-bond acceptors (Lipinski definition) is 3. The van der Waals surface area contributed by atoms with Crippen molar-refractivity contribution in [1.82, 2.24) is 10.2 Å². The van der Waals surface area contributed by atoms with Gasteiger partial charge in [-0.1, -0.05) is 15.9 Å². The van der Waals surface area contributed by atoms with Crippen LogP contribution >= 0.6 is 39.9 Å². The van der Waals surface area contributed by atoms with Crippen molar-refractivity contribution in [2.45, 2.75) is 19.8 Å². The molecule has 2 N–H and O–H groups in total. The molecule has 1 unspecified atom stereocenters. The molecule has 146 valence electrons. The molecule has 1 saturated heterocycles. The SMILES string of the molecule is CCNC(=NCCC(=O)Nc1ccc(Br)cc1)N(C)CC1CCOC1.I. The Balaban J connectivity index is 0.00000338. The number of halogens is 2. The quantitative estimate of drug-likeness (QED) is 0.317. The predicted molar refractivity (Wildman–Crippen MR) is 120 cm³/mol. The van der Waals surface area contributed by atoms with Gasteiger partial charge in [-0.05, 0) is 37.6 Å². The third-order valence-corrected chi connectivity index (χ3v) is 4.51. The van der Waals surface area contributed by atoms with Crippen LogP contribution in [-0.2, 0) is 9.53 Å². The van der Waals surface area contributed by atoms with Gasteiger partial charge in [-0.15, -0.1) is 24.0 Å². The molecule has 26 heavy (non-hydrogen) atoms. The van der Waals surface area contributed by atoms with Gasteiger partial charge in [0.1, 0.15) is 0 Å². The lowest BCUT2D eigenvalue weighted by Gasteiger charge is -2.24. The fourth-order valence-electron chi connectivity index (χ4n) is 2.69. The Hall–Kier alpha value is -0.870. The summed E-state index contributed by atoms with van der Waals surface area (Å²) in [6.45, 7) is 5.88. The van der Waals surface area contributed by atoms with Crippen LogP contribution in [0.3, 0.4) is 0 Å². The van der Waals surface area contributed by atoms with Crippen LogP contribution in [0.5, 0.6) is 0 Å². The molecular formula is C18H28BrIN4O2.